The number of hydrogen-bond donors (Lipinski definition) is 1. The SMILES string of the molecule is C[C@H]1C(=O)N2[C@@H](c3ccc4c(c3)OCO4)[C@](C#N)(CN3CCOCC3)C[C@]2(S)C(=O)N1C. The normalized spacial score (nSPS) is 34.6. The summed E-state index contributed by atoms with van der Waals surface area (Å²) in [5, 5.41) is 10.6. The molecule has 4 aliphatic rings. The molecule has 0 saturated carbocycles. The van der Waals surface area contributed by atoms with Crippen LogP contribution in [0.1, 0.15) is 24.9 Å². The molecule has 5 rings (SSSR count). The Kier molecular flexibility index (Phi) is 5.04. The van der Waals surface area contributed by atoms with Crippen LogP contribution in [0.5, 0.6) is 11.5 Å². The predicted octanol–water partition coefficient (Wildman–Crippen LogP) is 1.02. The van der Waals surface area contributed by atoms with Crippen molar-refractivity contribution in [2.75, 3.05) is 46.7 Å². The quantitative estimate of drug-likeness (QED) is 0.676. The van der Waals surface area contributed by atoms with Gasteiger partial charge in [-0.1, -0.05) is 6.07 Å². The van der Waals surface area contributed by atoms with Gasteiger partial charge in [-0.15, -0.1) is 12.6 Å². The van der Waals surface area contributed by atoms with Crippen molar-refractivity contribution in [2.45, 2.75) is 30.3 Å². The Morgan fingerprint density at radius 3 is 2.66 bits per heavy atom. The minimum Gasteiger partial charge on any atom is -0.454 e. The molecule has 1 aromatic rings. The maximum Gasteiger partial charge on any atom is 0.259 e. The average molecular weight is 459 g/mol. The van der Waals surface area contributed by atoms with Gasteiger partial charge in [0, 0.05) is 33.1 Å². The summed E-state index contributed by atoms with van der Waals surface area (Å²) in [5.74, 6) is 0.703. The molecule has 0 bridgehead atoms. The molecule has 9 nitrogen and oxygen atoms in total. The van der Waals surface area contributed by atoms with Crippen LogP contribution in [0.15, 0.2) is 18.2 Å². The third-order valence-corrected chi connectivity index (χ3v) is 7.69. The van der Waals surface area contributed by atoms with E-state index >= 15 is 0 Å². The van der Waals surface area contributed by atoms with E-state index in [4.69, 9.17) is 26.8 Å². The molecule has 3 fully saturated rings. The van der Waals surface area contributed by atoms with Crippen molar-refractivity contribution < 1.29 is 23.8 Å². The Morgan fingerprint density at radius 1 is 1.22 bits per heavy atom. The van der Waals surface area contributed by atoms with Crippen molar-refractivity contribution in [3.63, 3.8) is 0 Å². The first-order valence-corrected chi connectivity index (χ1v) is 11.2. The molecule has 3 saturated heterocycles. The number of thiol groups is 1. The fourth-order valence-corrected chi connectivity index (χ4v) is 6.04. The van der Waals surface area contributed by atoms with Crippen LogP contribution in [0.25, 0.3) is 0 Å². The number of hydrogen-bond acceptors (Lipinski definition) is 8. The topological polar surface area (TPSA) is 95.3 Å². The maximum absolute atomic E-state index is 13.6. The van der Waals surface area contributed by atoms with E-state index in [0.717, 1.165) is 5.56 Å². The number of benzene rings is 1. The van der Waals surface area contributed by atoms with Crippen LogP contribution in [0.2, 0.25) is 0 Å². The lowest BCUT2D eigenvalue weighted by atomic mass is 9.76. The number of carbonyl (C=O) groups excluding carboxylic acids is 2. The van der Waals surface area contributed by atoms with E-state index in [1.165, 1.54) is 4.90 Å². The number of morpholine rings is 1. The lowest BCUT2D eigenvalue weighted by Gasteiger charge is -2.46. The van der Waals surface area contributed by atoms with Gasteiger partial charge in [-0.25, -0.2) is 0 Å². The molecule has 2 amide bonds. The average Bonchev–Trinajstić information content (AvgIpc) is 3.37. The van der Waals surface area contributed by atoms with Crippen LogP contribution in [-0.2, 0) is 14.3 Å². The zero-order chi connectivity index (χ0) is 22.7. The number of nitrogens with zero attached hydrogens (tertiary/aromatic N) is 4. The molecule has 170 valence electrons. The molecule has 0 spiro atoms. The van der Waals surface area contributed by atoms with E-state index in [1.54, 1.807) is 24.9 Å². The fourth-order valence-electron chi connectivity index (χ4n) is 5.38. The Hall–Kier alpha value is -2.48. The first kappa shape index (κ1) is 21.4. The van der Waals surface area contributed by atoms with E-state index in [-0.39, 0.29) is 25.0 Å². The molecule has 0 N–H and O–H groups in total. The highest BCUT2D eigenvalue weighted by Gasteiger charge is 2.67. The number of ether oxygens (including phenoxy) is 3. The number of rotatable bonds is 3. The van der Waals surface area contributed by atoms with Crippen LogP contribution in [0.3, 0.4) is 0 Å². The number of piperazine rings is 1. The van der Waals surface area contributed by atoms with Crippen molar-refractivity contribution >= 4 is 24.4 Å². The molecule has 4 aliphatic heterocycles. The summed E-state index contributed by atoms with van der Waals surface area (Å²) >= 11 is 4.80. The maximum atomic E-state index is 13.6. The van der Waals surface area contributed by atoms with Crippen molar-refractivity contribution in [3.8, 4) is 17.6 Å². The Morgan fingerprint density at radius 2 is 1.94 bits per heavy atom. The number of nitriles is 1. The minimum absolute atomic E-state index is 0.125. The van der Waals surface area contributed by atoms with Crippen molar-refractivity contribution in [2.24, 2.45) is 5.41 Å². The zero-order valence-corrected chi connectivity index (χ0v) is 19.0. The summed E-state index contributed by atoms with van der Waals surface area (Å²) < 4.78 is 16.5. The number of likely N-dealkylation sites (N-methyl/N-ethyl adjacent to an activating group) is 1. The van der Waals surface area contributed by atoms with Gasteiger partial charge in [0.25, 0.3) is 5.91 Å². The molecular formula is C22H26N4O5S. The highest BCUT2D eigenvalue weighted by atomic mass is 32.1. The largest absolute Gasteiger partial charge is 0.454 e. The van der Waals surface area contributed by atoms with Gasteiger partial charge in [0.15, 0.2) is 16.4 Å². The van der Waals surface area contributed by atoms with Crippen LogP contribution < -0.4 is 9.47 Å². The van der Waals surface area contributed by atoms with E-state index in [1.807, 2.05) is 12.1 Å². The van der Waals surface area contributed by atoms with E-state index in [9.17, 15) is 14.9 Å². The van der Waals surface area contributed by atoms with E-state index in [0.29, 0.717) is 44.3 Å². The van der Waals surface area contributed by atoms with Crippen molar-refractivity contribution in [1.29, 1.82) is 5.26 Å². The summed E-state index contributed by atoms with van der Waals surface area (Å²) in [6.07, 6.45) is 0.137. The van der Waals surface area contributed by atoms with Gasteiger partial charge in [0.05, 0.1) is 30.7 Å². The number of fused-ring (bicyclic) bond motifs is 2. The molecule has 10 heteroatoms. The van der Waals surface area contributed by atoms with E-state index < -0.39 is 22.4 Å². The van der Waals surface area contributed by atoms with Crippen LogP contribution in [-0.4, -0.2) is 84.1 Å². The van der Waals surface area contributed by atoms with Gasteiger partial charge in [0.2, 0.25) is 12.7 Å². The second-order valence-electron chi connectivity index (χ2n) is 8.97. The molecule has 0 unspecified atom stereocenters. The zero-order valence-electron chi connectivity index (χ0n) is 18.1. The Labute approximate surface area is 192 Å². The molecule has 0 radical (unpaired) electrons. The first-order valence-electron chi connectivity index (χ1n) is 10.7. The fraction of sp³-hybridized carbons (Fsp3) is 0.591. The summed E-state index contributed by atoms with van der Waals surface area (Å²) in [7, 11) is 1.62. The summed E-state index contributed by atoms with van der Waals surface area (Å²) in [6, 6.07) is 6.69. The van der Waals surface area contributed by atoms with Crippen LogP contribution in [0, 0.1) is 16.7 Å². The highest BCUT2D eigenvalue weighted by Crippen LogP contribution is 2.59. The summed E-state index contributed by atoms with van der Waals surface area (Å²) in [5.41, 5.74) is -0.305. The Balaban J connectivity index is 1.65. The summed E-state index contributed by atoms with van der Waals surface area (Å²) in [6.45, 7) is 4.79. The highest BCUT2D eigenvalue weighted by molar-refractivity contribution is 7.82. The number of carbonyl (C=O) groups is 2. The lowest BCUT2D eigenvalue weighted by Crippen LogP contribution is -2.65. The molecule has 4 heterocycles. The van der Waals surface area contributed by atoms with Gasteiger partial charge >= 0.3 is 0 Å². The monoisotopic (exact) mass is 458 g/mol. The summed E-state index contributed by atoms with van der Waals surface area (Å²) in [4.78, 5) is 30.7. The van der Waals surface area contributed by atoms with E-state index in [2.05, 4.69) is 11.0 Å². The second-order valence-corrected chi connectivity index (χ2v) is 9.71. The number of amides is 2. The van der Waals surface area contributed by atoms with Crippen LogP contribution >= 0.6 is 12.6 Å². The molecular weight excluding hydrogens is 432 g/mol. The molecule has 0 aromatic heterocycles. The standard InChI is InChI=1S/C22H26N4O5S/c1-14-19(27)26-18(15-3-4-16-17(9-15)31-13-30-16)21(11-23,12-25-5-7-29-8-6-25)10-22(26,32)20(28)24(14)2/h3-4,9,14,18,32H,5-8,10,12-13H2,1-2H3/t14-,18-,21+,22-/m0/s1. The van der Waals surface area contributed by atoms with Gasteiger partial charge in [-0.2, -0.15) is 5.26 Å². The van der Waals surface area contributed by atoms with Gasteiger partial charge in [-0.05, 0) is 24.6 Å². The predicted molar refractivity (Wildman–Crippen MR) is 116 cm³/mol. The third-order valence-electron chi connectivity index (χ3n) is 7.13. The lowest BCUT2D eigenvalue weighted by molar-refractivity contribution is -0.161. The van der Waals surface area contributed by atoms with Crippen molar-refractivity contribution in [1.82, 2.24) is 14.7 Å². The van der Waals surface area contributed by atoms with Crippen LogP contribution in [0.4, 0.5) is 0 Å². The Bertz CT molecular complexity index is 1010. The smallest absolute Gasteiger partial charge is 0.259 e. The second kappa shape index (κ2) is 7.54. The van der Waals surface area contributed by atoms with Gasteiger partial charge in [0.1, 0.15) is 6.04 Å². The molecule has 32 heavy (non-hydrogen) atoms. The van der Waals surface area contributed by atoms with Gasteiger partial charge in [-0.3, -0.25) is 14.5 Å². The third kappa shape index (κ3) is 2.99. The van der Waals surface area contributed by atoms with Gasteiger partial charge < -0.3 is 24.0 Å². The first-order chi connectivity index (χ1) is 15.3. The minimum atomic E-state index is -1.40. The molecule has 4 atom stereocenters. The molecule has 0 aliphatic carbocycles. The molecule has 1 aromatic carbocycles. The van der Waals surface area contributed by atoms with Crippen molar-refractivity contribution in [3.05, 3.63) is 23.8 Å².